The lowest BCUT2D eigenvalue weighted by atomic mass is 10.3. The number of hydrogen-bond donors (Lipinski definition) is 0. The monoisotopic (exact) mass is 229 g/mol. The van der Waals surface area contributed by atoms with E-state index in [0.717, 1.165) is 5.69 Å². The topological polar surface area (TPSA) is 55.2 Å². The molecule has 0 saturated carbocycles. The highest BCUT2D eigenvalue weighted by molar-refractivity contribution is 7.89. The van der Waals surface area contributed by atoms with Crippen molar-refractivity contribution in [3.63, 3.8) is 0 Å². The first kappa shape index (κ1) is 10.6. The fraction of sp³-hybridized carbons (Fsp3) is 0.667. The standard InChI is InChI=1S/C9H15N3O2S/c1-8(2)15(13,14)11-5-6-12-9(7-11)3-4-10-12/h3-4,8H,5-7H2,1-2H3. The zero-order chi connectivity index (χ0) is 11.1. The molecule has 0 fully saturated rings. The van der Waals surface area contributed by atoms with Crippen LogP contribution in [0, 0.1) is 0 Å². The van der Waals surface area contributed by atoms with Gasteiger partial charge in [0.05, 0.1) is 24.0 Å². The van der Waals surface area contributed by atoms with Gasteiger partial charge in [-0.1, -0.05) is 0 Å². The summed E-state index contributed by atoms with van der Waals surface area (Å²) in [4.78, 5) is 0. The molecule has 1 aromatic heterocycles. The van der Waals surface area contributed by atoms with Gasteiger partial charge in [-0.05, 0) is 19.9 Å². The molecule has 0 saturated heterocycles. The van der Waals surface area contributed by atoms with Crippen LogP contribution in [0.1, 0.15) is 19.5 Å². The average molecular weight is 229 g/mol. The maximum atomic E-state index is 11.9. The minimum absolute atomic E-state index is 0.355. The van der Waals surface area contributed by atoms with Crippen LogP contribution in [-0.4, -0.2) is 34.3 Å². The smallest absolute Gasteiger partial charge is 0.216 e. The molecule has 0 atom stereocenters. The number of hydrogen-bond acceptors (Lipinski definition) is 3. The summed E-state index contributed by atoms with van der Waals surface area (Å²) in [6, 6.07) is 1.86. The van der Waals surface area contributed by atoms with Crippen LogP contribution in [0.4, 0.5) is 0 Å². The van der Waals surface area contributed by atoms with Gasteiger partial charge in [0, 0.05) is 12.7 Å². The van der Waals surface area contributed by atoms with E-state index in [1.807, 2.05) is 10.7 Å². The van der Waals surface area contributed by atoms with E-state index in [2.05, 4.69) is 5.10 Å². The third-order valence-corrected chi connectivity index (χ3v) is 4.88. The fourth-order valence-electron chi connectivity index (χ4n) is 1.68. The zero-order valence-electron chi connectivity index (χ0n) is 8.92. The number of rotatable bonds is 2. The molecule has 0 spiro atoms. The molecule has 2 rings (SSSR count). The Morgan fingerprint density at radius 2 is 2.13 bits per heavy atom. The molecular formula is C9H15N3O2S. The summed E-state index contributed by atoms with van der Waals surface area (Å²) in [7, 11) is -3.13. The third kappa shape index (κ3) is 1.79. The Morgan fingerprint density at radius 1 is 1.40 bits per heavy atom. The SMILES string of the molecule is CC(C)S(=O)(=O)N1CCn2nccc2C1. The van der Waals surface area contributed by atoms with E-state index in [1.54, 1.807) is 20.0 Å². The van der Waals surface area contributed by atoms with Crippen molar-refractivity contribution >= 4 is 10.0 Å². The predicted molar refractivity (Wildman–Crippen MR) is 56.7 cm³/mol. The molecule has 0 N–H and O–H groups in total. The van der Waals surface area contributed by atoms with E-state index in [1.165, 1.54) is 4.31 Å². The highest BCUT2D eigenvalue weighted by Crippen LogP contribution is 2.17. The lowest BCUT2D eigenvalue weighted by molar-refractivity contribution is 0.324. The van der Waals surface area contributed by atoms with Crippen LogP contribution in [0.15, 0.2) is 12.3 Å². The van der Waals surface area contributed by atoms with Gasteiger partial charge >= 0.3 is 0 Å². The Kier molecular flexibility index (Phi) is 2.56. The normalized spacial score (nSPS) is 18.1. The van der Waals surface area contributed by atoms with Gasteiger partial charge in [-0.25, -0.2) is 8.42 Å². The van der Waals surface area contributed by atoms with Crippen LogP contribution in [0.5, 0.6) is 0 Å². The van der Waals surface area contributed by atoms with Crippen molar-refractivity contribution in [2.75, 3.05) is 6.54 Å². The van der Waals surface area contributed by atoms with Gasteiger partial charge in [0.2, 0.25) is 10.0 Å². The number of aromatic nitrogens is 2. The first-order valence-electron chi connectivity index (χ1n) is 5.01. The average Bonchev–Trinajstić information content (AvgIpc) is 2.63. The van der Waals surface area contributed by atoms with Crippen molar-refractivity contribution in [1.82, 2.24) is 14.1 Å². The zero-order valence-corrected chi connectivity index (χ0v) is 9.74. The minimum Gasteiger partial charge on any atom is -0.267 e. The molecule has 5 nitrogen and oxygen atoms in total. The van der Waals surface area contributed by atoms with Gasteiger partial charge in [0.15, 0.2) is 0 Å². The number of fused-ring (bicyclic) bond motifs is 1. The summed E-state index contributed by atoms with van der Waals surface area (Å²) in [5.74, 6) is 0. The van der Waals surface area contributed by atoms with Gasteiger partial charge in [0.25, 0.3) is 0 Å². The first-order valence-corrected chi connectivity index (χ1v) is 6.52. The van der Waals surface area contributed by atoms with Crippen molar-refractivity contribution in [2.24, 2.45) is 0 Å². The minimum atomic E-state index is -3.13. The molecule has 0 amide bonds. The summed E-state index contributed by atoms with van der Waals surface area (Å²) < 4.78 is 27.2. The van der Waals surface area contributed by atoms with Crippen LogP contribution in [0.3, 0.4) is 0 Å². The van der Waals surface area contributed by atoms with Crippen molar-refractivity contribution in [1.29, 1.82) is 0 Å². The summed E-state index contributed by atoms with van der Waals surface area (Å²) >= 11 is 0. The Morgan fingerprint density at radius 3 is 2.80 bits per heavy atom. The second-order valence-corrected chi connectivity index (χ2v) is 6.46. The molecule has 84 valence electrons. The number of sulfonamides is 1. The summed E-state index contributed by atoms with van der Waals surface area (Å²) in [6.45, 7) is 5.03. The summed E-state index contributed by atoms with van der Waals surface area (Å²) in [6.07, 6.45) is 1.71. The first-order chi connectivity index (χ1) is 7.01. The predicted octanol–water partition coefficient (Wildman–Crippen LogP) is 0.437. The molecule has 1 aromatic rings. The molecule has 0 aromatic carbocycles. The lowest BCUT2D eigenvalue weighted by Crippen LogP contribution is -2.41. The van der Waals surface area contributed by atoms with Crippen LogP contribution in [0.25, 0.3) is 0 Å². The molecule has 0 radical (unpaired) electrons. The molecule has 0 aliphatic carbocycles. The van der Waals surface area contributed by atoms with Crippen molar-refractivity contribution < 1.29 is 8.42 Å². The second-order valence-electron chi connectivity index (χ2n) is 3.97. The van der Waals surface area contributed by atoms with E-state index in [9.17, 15) is 8.42 Å². The van der Waals surface area contributed by atoms with Gasteiger partial charge in [-0.15, -0.1) is 0 Å². The fourth-order valence-corrected chi connectivity index (χ4v) is 2.92. The molecule has 2 heterocycles. The highest BCUT2D eigenvalue weighted by atomic mass is 32.2. The molecule has 1 aliphatic heterocycles. The summed E-state index contributed by atoms with van der Waals surface area (Å²) in [5.41, 5.74) is 0.963. The van der Waals surface area contributed by atoms with E-state index in [-0.39, 0.29) is 5.25 Å². The lowest BCUT2D eigenvalue weighted by Gasteiger charge is -2.28. The molecule has 0 unspecified atom stereocenters. The van der Waals surface area contributed by atoms with Gasteiger partial charge in [-0.2, -0.15) is 9.40 Å². The molecule has 0 bridgehead atoms. The Balaban J connectivity index is 2.24. The van der Waals surface area contributed by atoms with E-state index in [0.29, 0.717) is 19.6 Å². The maximum Gasteiger partial charge on any atom is 0.216 e. The second kappa shape index (κ2) is 3.61. The molecular weight excluding hydrogens is 214 g/mol. The van der Waals surface area contributed by atoms with Crippen LogP contribution < -0.4 is 0 Å². The van der Waals surface area contributed by atoms with Crippen molar-refractivity contribution in [3.8, 4) is 0 Å². The van der Waals surface area contributed by atoms with Gasteiger partial charge in [-0.3, -0.25) is 4.68 Å². The number of nitrogens with zero attached hydrogens (tertiary/aromatic N) is 3. The summed E-state index contributed by atoms with van der Waals surface area (Å²) in [5, 5.41) is 3.76. The van der Waals surface area contributed by atoms with Gasteiger partial charge in [0.1, 0.15) is 0 Å². The maximum absolute atomic E-state index is 11.9. The molecule has 15 heavy (non-hydrogen) atoms. The van der Waals surface area contributed by atoms with E-state index >= 15 is 0 Å². The highest BCUT2D eigenvalue weighted by Gasteiger charge is 2.29. The van der Waals surface area contributed by atoms with Crippen LogP contribution in [0.2, 0.25) is 0 Å². The third-order valence-electron chi connectivity index (χ3n) is 2.66. The van der Waals surface area contributed by atoms with Crippen LogP contribution >= 0.6 is 0 Å². The van der Waals surface area contributed by atoms with Crippen LogP contribution in [-0.2, 0) is 23.1 Å². The van der Waals surface area contributed by atoms with Gasteiger partial charge < -0.3 is 0 Å². The largest absolute Gasteiger partial charge is 0.267 e. The molecule has 1 aliphatic rings. The quantitative estimate of drug-likeness (QED) is 0.739. The molecule has 6 heteroatoms. The Labute approximate surface area is 89.7 Å². The Hall–Kier alpha value is -0.880. The van der Waals surface area contributed by atoms with Crippen molar-refractivity contribution in [2.45, 2.75) is 32.2 Å². The van der Waals surface area contributed by atoms with E-state index < -0.39 is 10.0 Å². The van der Waals surface area contributed by atoms with Crippen molar-refractivity contribution in [3.05, 3.63) is 18.0 Å². The Bertz CT molecular complexity index is 450. The van der Waals surface area contributed by atoms with E-state index in [4.69, 9.17) is 0 Å².